The van der Waals surface area contributed by atoms with Crippen molar-refractivity contribution in [3.05, 3.63) is 28.5 Å². The van der Waals surface area contributed by atoms with Crippen LogP contribution < -0.4 is 10.5 Å². The van der Waals surface area contributed by atoms with E-state index < -0.39 is 11.4 Å². The Kier molecular flexibility index (Phi) is 7.12. The van der Waals surface area contributed by atoms with Crippen LogP contribution in [-0.4, -0.2) is 42.8 Å². The molecule has 26 heavy (non-hydrogen) atoms. The molecule has 0 radical (unpaired) electrons. The number of halogens is 2. The van der Waals surface area contributed by atoms with E-state index in [0.717, 1.165) is 12.8 Å². The molecule has 0 saturated carbocycles. The first-order valence-electron chi connectivity index (χ1n) is 8.99. The molecule has 1 heterocycles. The molecular weight excluding hydrogens is 359 g/mol. The molecule has 0 bridgehead atoms. The molecule has 2 N–H and O–H groups in total. The van der Waals surface area contributed by atoms with Gasteiger partial charge in [-0.15, -0.1) is 0 Å². The lowest BCUT2D eigenvalue weighted by Crippen LogP contribution is -2.43. The second-order valence-corrected chi connectivity index (χ2v) is 8.00. The van der Waals surface area contributed by atoms with Crippen molar-refractivity contribution in [2.45, 2.75) is 45.6 Å². The predicted octanol–water partition coefficient (Wildman–Crippen LogP) is 4.01. The van der Waals surface area contributed by atoms with Crippen LogP contribution in [0.5, 0.6) is 5.75 Å². The van der Waals surface area contributed by atoms with Crippen molar-refractivity contribution in [3.8, 4) is 5.75 Å². The number of nitrogens with zero attached hydrogens (tertiary/aromatic N) is 1. The molecule has 1 aliphatic heterocycles. The van der Waals surface area contributed by atoms with E-state index in [1.807, 2.05) is 20.8 Å². The highest BCUT2D eigenvalue weighted by Gasteiger charge is 2.28. The first-order chi connectivity index (χ1) is 12.2. The van der Waals surface area contributed by atoms with Crippen LogP contribution >= 0.6 is 11.6 Å². The van der Waals surface area contributed by atoms with E-state index in [9.17, 15) is 9.18 Å². The summed E-state index contributed by atoms with van der Waals surface area (Å²) in [6, 6.07) is 3.37. The van der Waals surface area contributed by atoms with Gasteiger partial charge < -0.3 is 20.1 Å². The first kappa shape index (κ1) is 20.8. The number of nitrogens with two attached hydrogens (primary N) is 1. The molecule has 0 unspecified atom stereocenters. The number of hydrogen-bond acceptors (Lipinski definition) is 4. The molecule has 1 atom stereocenters. The Hall–Kier alpha value is -1.53. The second kappa shape index (κ2) is 8.91. The average Bonchev–Trinajstić information content (AvgIpc) is 2.57. The fourth-order valence-electron chi connectivity index (χ4n) is 3.04. The van der Waals surface area contributed by atoms with Crippen LogP contribution in [0.1, 0.15) is 39.2 Å². The van der Waals surface area contributed by atoms with Gasteiger partial charge in [-0.05, 0) is 57.6 Å². The van der Waals surface area contributed by atoms with Gasteiger partial charge in [-0.3, -0.25) is 0 Å². The van der Waals surface area contributed by atoms with Crippen molar-refractivity contribution >= 4 is 17.7 Å². The number of rotatable bonds is 5. The zero-order valence-electron chi connectivity index (χ0n) is 15.7. The highest BCUT2D eigenvalue weighted by Crippen LogP contribution is 2.32. The Bertz CT molecular complexity index is 634. The quantitative estimate of drug-likeness (QED) is 0.830. The largest absolute Gasteiger partial charge is 0.491 e. The molecule has 1 fully saturated rings. The zero-order valence-corrected chi connectivity index (χ0v) is 16.4. The number of carbonyl (C=O) groups excluding carboxylic acids is 1. The molecule has 0 spiro atoms. The van der Waals surface area contributed by atoms with Crippen LogP contribution in [-0.2, 0) is 11.2 Å². The van der Waals surface area contributed by atoms with Crippen molar-refractivity contribution in [1.29, 1.82) is 0 Å². The maximum absolute atomic E-state index is 14.6. The highest BCUT2D eigenvalue weighted by molar-refractivity contribution is 6.32. The van der Waals surface area contributed by atoms with Gasteiger partial charge in [0.1, 0.15) is 28.8 Å². The van der Waals surface area contributed by atoms with Crippen molar-refractivity contribution in [2.75, 3.05) is 26.2 Å². The van der Waals surface area contributed by atoms with Gasteiger partial charge in [0.2, 0.25) is 0 Å². The fourth-order valence-corrected chi connectivity index (χ4v) is 3.28. The van der Waals surface area contributed by atoms with Crippen molar-refractivity contribution in [1.82, 2.24) is 4.90 Å². The Labute approximate surface area is 159 Å². The van der Waals surface area contributed by atoms with E-state index in [0.29, 0.717) is 37.4 Å². The van der Waals surface area contributed by atoms with Crippen LogP contribution in [0.25, 0.3) is 0 Å². The minimum absolute atomic E-state index is 0.0178. The number of piperidine rings is 1. The van der Waals surface area contributed by atoms with Crippen LogP contribution in [0.3, 0.4) is 0 Å². The molecule has 5 nitrogen and oxygen atoms in total. The summed E-state index contributed by atoms with van der Waals surface area (Å²) in [6.07, 6.45) is 2.01. The van der Waals surface area contributed by atoms with Gasteiger partial charge in [0.05, 0.1) is 0 Å². The average molecular weight is 387 g/mol. The smallest absolute Gasteiger partial charge is 0.410 e. The molecule has 1 aromatic rings. The number of carbonyl (C=O) groups is 1. The van der Waals surface area contributed by atoms with E-state index in [1.165, 1.54) is 0 Å². The molecule has 1 aliphatic rings. The summed E-state index contributed by atoms with van der Waals surface area (Å²) < 4.78 is 25.4. The number of benzene rings is 1. The maximum atomic E-state index is 14.6. The van der Waals surface area contributed by atoms with Crippen molar-refractivity contribution in [2.24, 2.45) is 11.7 Å². The molecular formula is C19H28ClFN2O3. The van der Waals surface area contributed by atoms with E-state index in [1.54, 1.807) is 17.0 Å². The third kappa shape index (κ3) is 5.74. The lowest BCUT2D eigenvalue weighted by Gasteiger charge is -2.34. The number of amides is 1. The van der Waals surface area contributed by atoms with E-state index >= 15 is 0 Å². The minimum atomic E-state index is -0.525. The van der Waals surface area contributed by atoms with Gasteiger partial charge >= 0.3 is 6.09 Å². The molecule has 0 aromatic heterocycles. The normalized spacial score (nSPS) is 17.9. The molecule has 146 valence electrons. The van der Waals surface area contributed by atoms with Crippen LogP contribution in [0, 0.1) is 11.7 Å². The monoisotopic (exact) mass is 386 g/mol. The Morgan fingerprint density at radius 2 is 2.15 bits per heavy atom. The summed E-state index contributed by atoms with van der Waals surface area (Å²) in [6.45, 7) is 7.38. The lowest BCUT2D eigenvalue weighted by atomic mass is 9.91. The zero-order chi connectivity index (χ0) is 19.3. The third-order valence-electron chi connectivity index (χ3n) is 4.18. The van der Waals surface area contributed by atoms with Crippen molar-refractivity contribution in [3.63, 3.8) is 0 Å². The topological polar surface area (TPSA) is 64.8 Å². The number of ether oxygens (including phenoxy) is 2. The lowest BCUT2D eigenvalue weighted by molar-refractivity contribution is 0.0166. The summed E-state index contributed by atoms with van der Waals surface area (Å²) in [5.41, 5.74) is 5.40. The minimum Gasteiger partial charge on any atom is -0.491 e. The standard InChI is InChI=1S/C19H28ClFN2O3/c1-19(2,3)26-18(24)23-9-4-5-13(12-23)11-14-6-7-15(25-10-8-22)16(20)17(14)21/h6-7,13H,4-5,8-12,22H2,1-3H3/t13-/m1/s1. The molecule has 1 amide bonds. The fraction of sp³-hybridized carbons (Fsp3) is 0.632. The molecule has 7 heteroatoms. The van der Waals surface area contributed by atoms with Gasteiger partial charge in [0.25, 0.3) is 0 Å². The first-order valence-corrected chi connectivity index (χ1v) is 9.36. The van der Waals surface area contributed by atoms with Gasteiger partial charge in [0, 0.05) is 19.6 Å². The van der Waals surface area contributed by atoms with Gasteiger partial charge in [-0.25, -0.2) is 9.18 Å². The molecule has 0 aliphatic carbocycles. The Morgan fingerprint density at radius 1 is 1.42 bits per heavy atom. The summed E-state index contributed by atoms with van der Waals surface area (Å²) in [5, 5.41) is -0.0178. The second-order valence-electron chi connectivity index (χ2n) is 7.63. The summed E-state index contributed by atoms with van der Waals surface area (Å²) >= 11 is 6.08. The maximum Gasteiger partial charge on any atom is 0.410 e. The molecule has 2 rings (SSSR count). The van der Waals surface area contributed by atoms with E-state index in [-0.39, 0.29) is 23.6 Å². The van der Waals surface area contributed by atoms with Gasteiger partial charge in [-0.2, -0.15) is 0 Å². The van der Waals surface area contributed by atoms with E-state index in [2.05, 4.69) is 0 Å². The van der Waals surface area contributed by atoms with Gasteiger partial charge in [-0.1, -0.05) is 17.7 Å². The number of likely N-dealkylation sites (tertiary alicyclic amines) is 1. The SMILES string of the molecule is CC(C)(C)OC(=O)N1CCC[C@H](Cc2ccc(OCCN)c(Cl)c2F)C1. The summed E-state index contributed by atoms with van der Waals surface area (Å²) in [7, 11) is 0. The van der Waals surface area contributed by atoms with Crippen molar-refractivity contribution < 1.29 is 18.7 Å². The third-order valence-corrected chi connectivity index (χ3v) is 4.53. The van der Waals surface area contributed by atoms with E-state index in [4.69, 9.17) is 26.8 Å². The highest BCUT2D eigenvalue weighted by atomic mass is 35.5. The molecule has 1 saturated heterocycles. The van der Waals surface area contributed by atoms with Gasteiger partial charge in [0.15, 0.2) is 0 Å². The van der Waals surface area contributed by atoms with Crippen LogP contribution in [0.4, 0.5) is 9.18 Å². The Balaban J connectivity index is 2.02. The van der Waals surface area contributed by atoms with Crippen LogP contribution in [0.15, 0.2) is 12.1 Å². The molecule has 1 aromatic carbocycles. The number of hydrogen-bond donors (Lipinski definition) is 1. The summed E-state index contributed by atoms with van der Waals surface area (Å²) in [4.78, 5) is 14.0. The predicted molar refractivity (Wildman–Crippen MR) is 100 cm³/mol. The van der Waals surface area contributed by atoms with Crippen LogP contribution in [0.2, 0.25) is 5.02 Å². The summed E-state index contributed by atoms with van der Waals surface area (Å²) in [5.74, 6) is 0.00520. The Morgan fingerprint density at radius 3 is 2.81 bits per heavy atom.